The van der Waals surface area contributed by atoms with Crippen molar-refractivity contribution in [3.8, 4) is 89.5 Å². The number of hydrogen-bond donors (Lipinski definition) is 0. The van der Waals surface area contributed by atoms with Crippen LogP contribution in [-0.2, 0) is 0 Å². The first-order valence-corrected chi connectivity index (χ1v) is 32.4. The molecule has 4 heteroatoms. The number of nitrogens with zero attached hydrogens (tertiary/aromatic N) is 4. The number of aromatic nitrogens is 4. The summed E-state index contributed by atoms with van der Waals surface area (Å²) in [7, 11) is 0. The van der Waals surface area contributed by atoms with Crippen LogP contribution in [0.15, 0.2) is 352 Å². The van der Waals surface area contributed by atoms with Crippen LogP contribution in [0, 0.1) is 0 Å². The number of fused-ring (bicyclic) bond motifs is 14. The molecular formula is C90H58N4. The monoisotopic (exact) mass is 1190 g/mol. The van der Waals surface area contributed by atoms with Gasteiger partial charge in [0, 0.05) is 65.8 Å². The van der Waals surface area contributed by atoms with Crippen LogP contribution >= 0.6 is 0 Å². The molecule has 0 atom stereocenters. The van der Waals surface area contributed by atoms with Crippen LogP contribution in [0.5, 0.6) is 0 Å². The first-order chi connectivity index (χ1) is 46.6. The average Bonchev–Trinajstić information content (AvgIpc) is 1.55. The van der Waals surface area contributed by atoms with Crippen molar-refractivity contribution in [3.63, 3.8) is 0 Å². The van der Waals surface area contributed by atoms with Gasteiger partial charge in [0.2, 0.25) is 0 Å². The molecule has 0 aliphatic carbocycles. The summed E-state index contributed by atoms with van der Waals surface area (Å²) in [5.74, 6) is 0. The first-order valence-electron chi connectivity index (χ1n) is 32.4. The van der Waals surface area contributed by atoms with E-state index in [4.69, 9.17) is 0 Å². The molecule has 19 rings (SSSR count). The van der Waals surface area contributed by atoms with E-state index in [1.165, 1.54) is 98.4 Å². The topological polar surface area (TPSA) is 19.7 Å². The summed E-state index contributed by atoms with van der Waals surface area (Å²) < 4.78 is 9.90. The van der Waals surface area contributed by atoms with Gasteiger partial charge in [0.25, 0.3) is 0 Å². The lowest BCUT2D eigenvalue weighted by atomic mass is 9.90. The van der Waals surface area contributed by atoms with E-state index in [1.54, 1.807) is 0 Å². The fourth-order valence-electron chi connectivity index (χ4n) is 15.3. The normalized spacial score (nSPS) is 11.8. The van der Waals surface area contributed by atoms with E-state index in [1.807, 2.05) is 0 Å². The second-order valence-corrected chi connectivity index (χ2v) is 24.8. The fourth-order valence-corrected chi connectivity index (χ4v) is 15.3. The van der Waals surface area contributed by atoms with Crippen molar-refractivity contribution in [2.45, 2.75) is 0 Å². The molecule has 0 aliphatic rings. The van der Waals surface area contributed by atoms with Gasteiger partial charge in [-0.3, -0.25) is 0 Å². The van der Waals surface area contributed by atoms with Crippen LogP contribution in [0.2, 0.25) is 0 Å². The molecule has 0 unspecified atom stereocenters. The SMILES string of the molecule is c1ccc(-c2ccc(-n3c4ccccc4c4c3ccc3c5ccccc5n(-c5cc(-c6cccc(-c7ccccc7)c6)cc(-c6ccccc6-c6cccc(-c7ccc(-n8c9ccccc9c9c8ccc8c%10ccccc%10n(-c%10ccccc%10)c89)cc7)c6)c5)c34)cc2)cc1. The molecule has 0 N–H and O–H groups in total. The van der Waals surface area contributed by atoms with Gasteiger partial charge < -0.3 is 18.3 Å². The highest BCUT2D eigenvalue weighted by atomic mass is 15.0. The number of rotatable bonds is 10. The van der Waals surface area contributed by atoms with E-state index in [0.717, 1.165) is 78.3 Å². The summed E-state index contributed by atoms with van der Waals surface area (Å²) in [5.41, 5.74) is 27.9. The second-order valence-electron chi connectivity index (χ2n) is 24.8. The second kappa shape index (κ2) is 21.6. The van der Waals surface area contributed by atoms with Gasteiger partial charge in [0.15, 0.2) is 0 Å². The zero-order valence-corrected chi connectivity index (χ0v) is 51.3. The third-order valence-corrected chi connectivity index (χ3v) is 19.5. The van der Waals surface area contributed by atoms with Crippen molar-refractivity contribution >= 4 is 87.2 Å². The molecular weight excluding hydrogens is 1140 g/mol. The third kappa shape index (κ3) is 8.47. The zero-order chi connectivity index (χ0) is 61.8. The Hall–Kier alpha value is -12.5. The fraction of sp³-hybridized carbons (Fsp3) is 0. The highest BCUT2D eigenvalue weighted by Crippen LogP contribution is 2.47. The van der Waals surface area contributed by atoms with Crippen molar-refractivity contribution < 1.29 is 0 Å². The summed E-state index contributed by atoms with van der Waals surface area (Å²) in [4.78, 5) is 0. The average molecular weight is 1200 g/mol. The van der Waals surface area contributed by atoms with Crippen LogP contribution in [0.25, 0.3) is 177 Å². The van der Waals surface area contributed by atoms with Crippen LogP contribution < -0.4 is 0 Å². The summed E-state index contributed by atoms with van der Waals surface area (Å²) in [5, 5.41) is 9.84. The van der Waals surface area contributed by atoms with Gasteiger partial charge in [-0.05, 0) is 170 Å². The lowest BCUT2D eigenvalue weighted by molar-refractivity contribution is 1.17. The molecule has 4 heterocycles. The Morgan fingerprint density at radius 1 is 0.149 bits per heavy atom. The quantitative estimate of drug-likeness (QED) is 0.130. The van der Waals surface area contributed by atoms with Crippen LogP contribution in [0.4, 0.5) is 0 Å². The third-order valence-electron chi connectivity index (χ3n) is 19.5. The molecule has 15 aromatic carbocycles. The summed E-state index contributed by atoms with van der Waals surface area (Å²) in [6, 6.07) is 130. The van der Waals surface area contributed by atoms with Gasteiger partial charge in [0.05, 0.1) is 44.1 Å². The lowest BCUT2D eigenvalue weighted by Crippen LogP contribution is -1.97. The molecule has 0 bridgehead atoms. The van der Waals surface area contributed by atoms with Gasteiger partial charge in [-0.15, -0.1) is 0 Å². The minimum absolute atomic E-state index is 1.09. The van der Waals surface area contributed by atoms with E-state index in [0.29, 0.717) is 0 Å². The van der Waals surface area contributed by atoms with Gasteiger partial charge in [-0.25, -0.2) is 0 Å². The smallest absolute Gasteiger partial charge is 0.0641 e. The van der Waals surface area contributed by atoms with Gasteiger partial charge >= 0.3 is 0 Å². The lowest BCUT2D eigenvalue weighted by Gasteiger charge is -2.17. The van der Waals surface area contributed by atoms with E-state index in [9.17, 15) is 0 Å². The standard InChI is InChI=1S/C90H58N4/c1-4-22-59(23-5-1)61-42-46-70(47-43-61)91-84-41-19-15-37-80(84)88-86(91)53-51-78-76-35-13-17-39-82(76)94(90(78)88)72-57-67(65-28-20-26-63(54-65)60-24-6-2-7-25-60)56-68(58-72)74-33-11-10-32-73(74)66-29-21-27-64(55-66)62-44-48-71(49-45-62)92-83-40-18-14-36-79(83)87-85(92)52-50-77-75-34-12-16-38-81(75)93(89(77)87)69-30-8-3-9-31-69/h1-58H. The van der Waals surface area contributed by atoms with E-state index in [2.05, 4.69) is 370 Å². The minimum Gasteiger partial charge on any atom is -0.309 e. The molecule has 19 aromatic rings. The molecule has 94 heavy (non-hydrogen) atoms. The Bertz CT molecular complexity index is 6180. The van der Waals surface area contributed by atoms with Crippen molar-refractivity contribution in [3.05, 3.63) is 352 Å². The van der Waals surface area contributed by atoms with Gasteiger partial charge in [-0.2, -0.15) is 0 Å². The molecule has 0 saturated heterocycles. The van der Waals surface area contributed by atoms with Gasteiger partial charge in [0.1, 0.15) is 0 Å². The van der Waals surface area contributed by atoms with Gasteiger partial charge in [-0.1, -0.05) is 249 Å². The van der Waals surface area contributed by atoms with E-state index >= 15 is 0 Å². The molecule has 0 radical (unpaired) electrons. The molecule has 0 spiro atoms. The molecule has 438 valence electrons. The van der Waals surface area contributed by atoms with Crippen molar-refractivity contribution in [1.29, 1.82) is 0 Å². The van der Waals surface area contributed by atoms with E-state index < -0.39 is 0 Å². The van der Waals surface area contributed by atoms with Crippen molar-refractivity contribution in [2.24, 2.45) is 0 Å². The van der Waals surface area contributed by atoms with Crippen molar-refractivity contribution in [1.82, 2.24) is 18.3 Å². The predicted octanol–water partition coefficient (Wildman–Crippen LogP) is 24.1. The van der Waals surface area contributed by atoms with Crippen LogP contribution in [0.3, 0.4) is 0 Å². The Morgan fingerprint density at radius 3 is 1.00 bits per heavy atom. The maximum Gasteiger partial charge on any atom is 0.0641 e. The number of benzene rings is 15. The summed E-state index contributed by atoms with van der Waals surface area (Å²) in [6.45, 7) is 0. The highest BCUT2D eigenvalue weighted by Gasteiger charge is 2.24. The molecule has 0 amide bonds. The molecule has 4 nitrogen and oxygen atoms in total. The zero-order valence-electron chi connectivity index (χ0n) is 51.3. The largest absolute Gasteiger partial charge is 0.309 e. The molecule has 0 aliphatic heterocycles. The minimum atomic E-state index is 1.09. The van der Waals surface area contributed by atoms with E-state index in [-0.39, 0.29) is 0 Å². The Morgan fingerprint density at radius 2 is 0.479 bits per heavy atom. The Balaban J connectivity index is 0.762. The molecule has 4 aromatic heterocycles. The molecule has 0 fully saturated rings. The summed E-state index contributed by atoms with van der Waals surface area (Å²) >= 11 is 0. The number of hydrogen-bond acceptors (Lipinski definition) is 0. The Kier molecular flexibility index (Phi) is 12.3. The number of para-hydroxylation sites is 5. The maximum atomic E-state index is 2.55. The van der Waals surface area contributed by atoms with Crippen LogP contribution in [-0.4, -0.2) is 18.3 Å². The molecule has 0 saturated carbocycles. The summed E-state index contributed by atoms with van der Waals surface area (Å²) in [6.07, 6.45) is 0. The maximum absolute atomic E-state index is 2.55. The van der Waals surface area contributed by atoms with Crippen molar-refractivity contribution in [2.75, 3.05) is 0 Å². The first kappa shape index (κ1) is 53.3. The highest BCUT2D eigenvalue weighted by molar-refractivity contribution is 6.28. The van der Waals surface area contributed by atoms with Crippen LogP contribution in [0.1, 0.15) is 0 Å². The predicted molar refractivity (Wildman–Crippen MR) is 396 cm³/mol. The Labute approximate surface area is 543 Å².